The molecule has 0 unspecified atom stereocenters. The van der Waals surface area contributed by atoms with Gasteiger partial charge in [0, 0.05) is 12.3 Å². The number of pyridine rings is 1. The van der Waals surface area contributed by atoms with Crippen LogP contribution in [0.25, 0.3) is 5.65 Å². The summed E-state index contributed by atoms with van der Waals surface area (Å²) in [5, 5.41) is 7.82. The molecule has 2 aromatic heterocycles. The van der Waals surface area contributed by atoms with Crippen LogP contribution in [0.15, 0.2) is 65.7 Å². The highest BCUT2D eigenvalue weighted by Crippen LogP contribution is 2.29. The van der Waals surface area contributed by atoms with Crippen LogP contribution in [0.2, 0.25) is 0 Å². The van der Waals surface area contributed by atoms with Gasteiger partial charge < -0.3 is 0 Å². The summed E-state index contributed by atoms with van der Waals surface area (Å²) >= 11 is 0. The van der Waals surface area contributed by atoms with E-state index in [0.29, 0.717) is 11.4 Å². The maximum absolute atomic E-state index is 13.9. The third-order valence-corrected chi connectivity index (χ3v) is 6.34. The van der Waals surface area contributed by atoms with E-state index in [-0.39, 0.29) is 22.8 Å². The van der Waals surface area contributed by atoms with Gasteiger partial charge in [0.1, 0.15) is 16.5 Å². The van der Waals surface area contributed by atoms with Crippen molar-refractivity contribution < 1.29 is 21.6 Å². The zero-order valence-corrected chi connectivity index (χ0v) is 16.4. The molecule has 0 spiro atoms. The Morgan fingerprint density at radius 2 is 1.77 bits per heavy atom. The summed E-state index contributed by atoms with van der Waals surface area (Å²) < 4.78 is 70.6. The van der Waals surface area contributed by atoms with E-state index in [0.717, 1.165) is 22.5 Å². The average molecular weight is 432 g/mol. The van der Waals surface area contributed by atoms with Crippen molar-refractivity contribution in [3.05, 3.63) is 89.6 Å². The average Bonchev–Trinajstić information content (AvgIpc) is 3.09. The van der Waals surface area contributed by atoms with Gasteiger partial charge in [0.2, 0.25) is 0 Å². The van der Waals surface area contributed by atoms with Crippen molar-refractivity contribution in [3.8, 4) is 0 Å². The monoisotopic (exact) mass is 432 g/mol. The van der Waals surface area contributed by atoms with Gasteiger partial charge in [0.15, 0.2) is 17.3 Å². The minimum Gasteiger partial charge on any atom is -0.286 e. The van der Waals surface area contributed by atoms with Crippen molar-refractivity contribution in [1.29, 1.82) is 0 Å². The van der Waals surface area contributed by atoms with Crippen LogP contribution in [0, 0.1) is 24.4 Å². The number of hydrogen-bond acceptors (Lipinski definition) is 4. The molecule has 10 heteroatoms. The summed E-state index contributed by atoms with van der Waals surface area (Å²) in [4.78, 5) is -0.174. The first-order valence-corrected chi connectivity index (χ1v) is 10.2. The van der Waals surface area contributed by atoms with Gasteiger partial charge in [0.05, 0.1) is 12.2 Å². The lowest BCUT2D eigenvalue weighted by Gasteiger charge is -2.25. The highest BCUT2D eigenvalue weighted by atomic mass is 32.2. The predicted molar refractivity (Wildman–Crippen MR) is 104 cm³/mol. The van der Waals surface area contributed by atoms with Gasteiger partial charge in [-0.2, -0.15) is 0 Å². The Labute approximate surface area is 170 Å². The maximum Gasteiger partial charge on any atom is 0.268 e. The lowest BCUT2D eigenvalue weighted by atomic mass is 10.2. The van der Waals surface area contributed by atoms with Crippen molar-refractivity contribution >= 4 is 21.4 Å². The molecule has 0 atom stereocenters. The fraction of sp³-hybridized carbons (Fsp3) is 0.100. The van der Waals surface area contributed by atoms with Gasteiger partial charge in [-0.3, -0.25) is 8.71 Å². The Bertz CT molecular complexity index is 1360. The van der Waals surface area contributed by atoms with E-state index in [9.17, 15) is 21.6 Å². The van der Waals surface area contributed by atoms with Crippen LogP contribution in [0.5, 0.6) is 0 Å². The van der Waals surface area contributed by atoms with Crippen molar-refractivity contribution in [1.82, 2.24) is 14.6 Å². The number of hydrogen-bond donors (Lipinski definition) is 0. The molecular weight excluding hydrogens is 417 g/mol. The molecule has 0 bridgehead atoms. The van der Waals surface area contributed by atoms with Crippen LogP contribution in [0.4, 0.5) is 18.9 Å². The number of aryl methyl sites for hydroxylation is 1. The molecule has 0 aliphatic rings. The second-order valence-electron chi connectivity index (χ2n) is 6.55. The number of anilines is 1. The molecule has 0 amide bonds. The Morgan fingerprint density at radius 3 is 2.50 bits per heavy atom. The molecule has 0 radical (unpaired) electrons. The molecule has 2 aromatic carbocycles. The van der Waals surface area contributed by atoms with Crippen LogP contribution in [-0.2, 0) is 16.6 Å². The Hall–Kier alpha value is -3.40. The second kappa shape index (κ2) is 7.45. The Kier molecular flexibility index (Phi) is 4.94. The third-order valence-electron chi connectivity index (χ3n) is 4.54. The lowest BCUT2D eigenvalue weighted by molar-refractivity contribution is 0.508. The standard InChI is InChI=1S/C20H15F3N4O2S/c1-13-24-25-20-19(6-3-9-26(13)20)30(28,29)27(12-14-4-2-5-15(21)10-14)16-7-8-17(22)18(23)11-16/h2-11H,12H2,1H3. The molecule has 154 valence electrons. The molecule has 4 rings (SSSR count). The zero-order valence-electron chi connectivity index (χ0n) is 15.6. The molecule has 0 saturated heterocycles. The SMILES string of the molecule is Cc1nnc2c(S(=O)(=O)N(Cc3cccc(F)c3)c3ccc(F)c(F)c3)cccn12. The quantitative estimate of drug-likeness (QED) is 0.481. The van der Waals surface area contributed by atoms with Crippen LogP contribution < -0.4 is 4.31 Å². The molecule has 30 heavy (non-hydrogen) atoms. The highest BCUT2D eigenvalue weighted by Gasteiger charge is 2.29. The molecule has 0 fully saturated rings. The van der Waals surface area contributed by atoms with Crippen molar-refractivity contribution in [3.63, 3.8) is 0 Å². The number of halogens is 3. The van der Waals surface area contributed by atoms with E-state index in [1.54, 1.807) is 13.1 Å². The molecule has 0 aliphatic carbocycles. The van der Waals surface area contributed by atoms with Gasteiger partial charge in [0.25, 0.3) is 10.0 Å². The van der Waals surface area contributed by atoms with Gasteiger partial charge in [-0.1, -0.05) is 12.1 Å². The van der Waals surface area contributed by atoms with Gasteiger partial charge in [-0.25, -0.2) is 21.6 Å². The Balaban J connectivity index is 1.90. The minimum absolute atomic E-state index is 0.0850. The normalized spacial score (nSPS) is 11.7. The first-order chi connectivity index (χ1) is 14.3. The van der Waals surface area contributed by atoms with Gasteiger partial charge in [-0.05, 0) is 48.9 Å². The number of nitrogens with zero attached hydrogens (tertiary/aromatic N) is 4. The van der Waals surface area contributed by atoms with Crippen LogP contribution in [0.3, 0.4) is 0 Å². The molecule has 0 aliphatic heterocycles. The van der Waals surface area contributed by atoms with Crippen molar-refractivity contribution in [2.45, 2.75) is 18.4 Å². The van der Waals surface area contributed by atoms with E-state index in [1.807, 2.05) is 0 Å². The summed E-state index contributed by atoms with van der Waals surface area (Å²) in [5.41, 5.74) is 0.297. The van der Waals surface area contributed by atoms with Crippen LogP contribution in [0.1, 0.15) is 11.4 Å². The molecule has 2 heterocycles. The molecule has 6 nitrogen and oxygen atoms in total. The van der Waals surface area contributed by atoms with E-state index < -0.39 is 27.5 Å². The first-order valence-electron chi connectivity index (χ1n) is 8.80. The highest BCUT2D eigenvalue weighted by molar-refractivity contribution is 7.93. The van der Waals surface area contributed by atoms with Crippen molar-refractivity contribution in [2.75, 3.05) is 4.31 Å². The third kappa shape index (κ3) is 3.50. The lowest BCUT2D eigenvalue weighted by Crippen LogP contribution is -2.31. The number of fused-ring (bicyclic) bond motifs is 1. The van der Waals surface area contributed by atoms with E-state index >= 15 is 0 Å². The summed E-state index contributed by atoms with van der Waals surface area (Å²) in [7, 11) is -4.31. The number of sulfonamides is 1. The summed E-state index contributed by atoms with van der Waals surface area (Å²) in [6.07, 6.45) is 1.61. The smallest absolute Gasteiger partial charge is 0.268 e. The molecule has 0 N–H and O–H groups in total. The van der Waals surface area contributed by atoms with E-state index in [4.69, 9.17) is 0 Å². The molecular formula is C20H15F3N4O2S. The summed E-state index contributed by atoms with van der Waals surface area (Å²) in [6.45, 7) is 1.36. The van der Waals surface area contributed by atoms with Crippen molar-refractivity contribution in [2.24, 2.45) is 0 Å². The van der Waals surface area contributed by atoms with Gasteiger partial charge >= 0.3 is 0 Å². The van der Waals surface area contributed by atoms with E-state index in [2.05, 4.69) is 10.2 Å². The first kappa shape index (κ1) is 19.9. The van der Waals surface area contributed by atoms with Crippen LogP contribution in [-0.4, -0.2) is 23.0 Å². The predicted octanol–water partition coefficient (Wildman–Crippen LogP) is 3.85. The molecule has 0 saturated carbocycles. The topological polar surface area (TPSA) is 67.6 Å². The number of benzene rings is 2. The minimum atomic E-state index is -4.31. The second-order valence-corrected chi connectivity index (χ2v) is 8.38. The van der Waals surface area contributed by atoms with Gasteiger partial charge in [-0.15, -0.1) is 10.2 Å². The fourth-order valence-corrected chi connectivity index (χ4v) is 4.65. The fourth-order valence-electron chi connectivity index (χ4n) is 3.08. The Morgan fingerprint density at radius 1 is 0.967 bits per heavy atom. The summed E-state index contributed by atoms with van der Waals surface area (Å²) in [6, 6.07) is 11.0. The number of rotatable bonds is 5. The van der Waals surface area contributed by atoms with Crippen LogP contribution >= 0.6 is 0 Å². The number of aromatic nitrogens is 3. The maximum atomic E-state index is 13.9. The van der Waals surface area contributed by atoms with E-state index in [1.165, 1.54) is 40.8 Å². The molecule has 4 aromatic rings. The largest absolute Gasteiger partial charge is 0.286 e. The zero-order chi connectivity index (χ0) is 21.5. The summed E-state index contributed by atoms with van der Waals surface area (Å²) in [5.74, 6) is -2.39.